The van der Waals surface area contributed by atoms with E-state index in [1.807, 2.05) is 19.9 Å². The van der Waals surface area contributed by atoms with Crippen LogP contribution in [0, 0.1) is 6.92 Å². The van der Waals surface area contributed by atoms with Crippen molar-refractivity contribution in [1.82, 2.24) is 9.97 Å². The molecule has 0 saturated carbocycles. The summed E-state index contributed by atoms with van der Waals surface area (Å²) in [5.41, 5.74) is 1.88. The minimum absolute atomic E-state index is 0.481. The van der Waals surface area contributed by atoms with Crippen molar-refractivity contribution in [2.24, 2.45) is 0 Å². The Morgan fingerprint density at radius 1 is 1.38 bits per heavy atom. The van der Waals surface area contributed by atoms with Crippen LogP contribution in [0.15, 0.2) is 21.2 Å². The zero-order chi connectivity index (χ0) is 11.7. The molecule has 0 amide bonds. The Labute approximate surface area is 107 Å². The molecule has 0 aliphatic rings. The third-order valence-corrected chi connectivity index (χ3v) is 3.11. The van der Waals surface area contributed by atoms with E-state index in [2.05, 4.69) is 25.9 Å². The first-order valence-corrected chi connectivity index (χ1v) is 6.07. The summed E-state index contributed by atoms with van der Waals surface area (Å²) in [4.78, 5) is 8.63. The quantitative estimate of drug-likeness (QED) is 0.786. The molecule has 0 unspecified atom stereocenters. The van der Waals surface area contributed by atoms with E-state index in [-0.39, 0.29) is 0 Å². The Balaban J connectivity index is 2.54. The van der Waals surface area contributed by atoms with Crippen molar-refractivity contribution < 1.29 is 4.42 Å². The lowest BCUT2D eigenvalue weighted by atomic mass is 10.2. The van der Waals surface area contributed by atoms with Crippen molar-refractivity contribution >= 4 is 27.5 Å². The number of hydrogen-bond donors (Lipinski definition) is 0. The van der Waals surface area contributed by atoms with Gasteiger partial charge < -0.3 is 4.42 Å². The summed E-state index contributed by atoms with van der Waals surface area (Å²) in [6.45, 7) is 3.95. The number of aromatic nitrogens is 2. The number of nitrogens with zero attached hydrogens (tertiary/aromatic N) is 2. The van der Waals surface area contributed by atoms with Crippen molar-refractivity contribution in [2.45, 2.75) is 20.3 Å². The van der Waals surface area contributed by atoms with E-state index in [9.17, 15) is 0 Å². The maximum Gasteiger partial charge on any atom is 0.197 e. The van der Waals surface area contributed by atoms with E-state index in [1.54, 1.807) is 6.07 Å². The topological polar surface area (TPSA) is 38.9 Å². The highest BCUT2D eigenvalue weighted by Gasteiger charge is 2.12. The molecule has 0 atom stereocenters. The van der Waals surface area contributed by atoms with Crippen molar-refractivity contribution in [3.8, 4) is 11.6 Å². The van der Waals surface area contributed by atoms with Crippen LogP contribution in [0.4, 0.5) is 0 Å². The van der Waals surface area contributed by atoms with Crippen LogP contribution in [0.3, 0.4) is 0 Å². The SMILES string of the molecule is CCc1nc(-c2ccc(Br)o2)nc(Cl)c1C. The Hall–Kier alpha value is -0.870. The molecular weight excluding hydrogens is 291 g/mol. The van der Waals surface area contributed by atoms with Gasteiger partial charge in [0.05, 0.1) is 0 Å². The van der Waals surface area contributed by atoms with Gasteiger partial charge in [-0.25, -0.2) is 9.97 Å². The van der Waals surface area contributed by atoms with Crippen LogP contribution in [0.5, 0.6) is 0 Å². The Kier molecular flexibility index (Phi) is 3.30. The summed E-state index contributed by atoms with van der Waals surface area (Å²) >= 11 is 9.29. The molecule has 0 spiro atoms. The fraction of sp³-hybridized carbons (Fsp3) is 0.273. The van der Waals surface area contributed by atoms with E-state index in [0.29, 0.717) is 21.4 Å². The number of hydrogen-bond acceptors (Lipinski definition) is 3. The molecule has 2 heterocycles. The minimum Gasteiger partial charge on any atom is -0.446 e. The number of halogens is 2. The third kappa shape index (κ3) is 2.13. The number of aryl methyl sites for hydroxylation is 1. The lowest BCUT2D eigenvalue weighted by Crippen LogP contribution is -1.98. The highest BCUT2D eigenvalue weighted by Crippen LogP contribution is 2.25. The molecule has 84 valence electrons. The molecule has 2 aromatic heterocycles. The van der Waals surface area contributed by atoms with Crippen molar-refractivity contribution in [1.29, 1.82) is 0 Å². The molecule has 0 aliphatic heterocycles. The molecule has 5 heteroatoms. The van der Waals surface area contributed by atoms with Gasteiger partial charge in [-0.1, -0.05) is 18.5 Å². The predicted octanol–water partition coefficient (Wildman–Crippen LogP) is 4.02. The molecular formula is C11H10BrClN2O. The molecule has 0 radical (unpaired) electrons. The second-order valence-electron chi connectivity index (χ2n) is 3.37. The van der Waals surface area contributed by atoms with Gasteiger partial charge in [-0.3, -0.25) is 0 Å². The lowest BCUT2D eigenvalue weighted by molar-refractivity contribution is 0.550. The monoisotopic (exact) mass is 300 g/mol. The second kappa shape index (κ2) is 4.55. The zero-order valence-corrected chi connectivity index (χ0v) is 11.3. The Bertz CT molecular complexity index is 525. The van der Waals surface area contributed by atoms with E-state index in [0.717, 1.165) is 17.7 Å². The second-order valence-corrected chi connectivity index (χ2v) is 4.51. The average Bonchev–Trinajstić information content (AvgIpc) is 2.69. The van der Waals surface area contributed by atoms with Gasteiger partial charge in [0.25, 0.3) is 0 Å². The minimum atomic E-state index is 0.481. The van der Waals surface area contributed by atoms with E-state index >= 15 is 0 Å². The molecule has 2 aromatic rings. The maximum absolute atomic E-state index is 6.05. The highest BCUT2D eigenvalue weighted by molar-refractivity contribution is 9.10. The molecule has 0 bridgehead atoms. The number of furan rings is 1. The normalized spacial score (nSPS) is 10.8. The van der Waals surface area contributed by atoms with E-state index in [1.165, 1.54) is 0 Å². The molecule has 0 fully saturated rings. The molecule has 0 N–H and O–H groups in total. The maximum atomic E-state index is 6.05. The third-order valence-electron chi connectivity index (χ3n) is 2.32. The van der Waals surface area contributed by atoms with Crippen LogP contribution in [0.25, 0.3) is 11.6 Å². The van der Waals surface area contributed by atoms with Crippen LogP contribution in [0.2, 0.25) is 5.15 Å². The summed E-state index contributed by atoms with van der Waals surface area (Å²) in [7, 11) is 0. The summed E-state index contributed by atoms with van der Waals surface area (Å²) in [5.74, 6) is 1.14. The first-order chi connectivity index (χ1) is 7.61. The molecule has 16 heavy (non-hydrogen) atoms. The Morgan fingerprint density at radius 2 is 2.12 bits per heavy atom. The molecule has 2 rings (SSSR count). The van der Waals surface area contributed by atoms with Crippen molar-refractivity contribution in [2.75, 3.05) is 0 Å². The summed E-state index contributed by atoms with van der Waals surface area (Å²) in [6.07, 6.45) is 0.822. The smallest absolute Gasteiger partial charge is 0.197 e. The van der Waals surface area contributed by atoms with Gasteiger partial charge in [0.2, 0.25) is 0 Å². The van der Waals surface area contributed by atoms with Gasteiger partial charge in [0, 0.05) is 11.3 Å². The van der Waals surface area contributed by atoms with Crippen LogP contribution in [-0.2, 0) is 6.42 Å². The summed E-state index contributed by atoms with van der Waals surface area (Å²) < 4.78 is 6.05. The highest BCUT2D eigenvalue weighted by atomic mass is 79.9. The predicted molar refractivity (Wildman–Crippen MR) is 66.6 cm³/mol. The Morgan fingerprint density at radius 3 is 2.69 bits per heavy atom. The molecule has 0 aliphatic carbocycles. The van der Waals surface area contributed by atoms with Crippen LogP contribution < -0.4 is 0 Å². The largest absolute Gasteiger partial charge is 0.446 e. The van der Waals surface area contributed by atoms with Gasteiger partial charge in [0.15, 0.2) is 16.3 Å². The van der Waals surface area contributed by atoms with E-state index < -0.39 is 0 Å². The first-order valence-electron chi connectivity index (χ1n) is 4.90. The molecule has 0 saturated heterocycles. The van der Waals surface area contributed by atoms with Gasteiger partial charge in [-0.2, -0.15) is 0 Å². The van der Waals surface area contributed by atoms with Gasteiger partial charge in [0.1, 0.15) is 5.15 Å². The molecule has 3 nitrogen and oxygen atoms in total. The first kappa shape index (κ1) is 11.6. The standard InChI is InChI=1S/C11H10BrClN2O/c1-3-7-6(2)10(13)15-11(14-7)8-4-5-9(12)16-8/h4-5H,3H2,1-2H3. The van der Waals surface area contributed by atoms with Crippen molar-refractivity contribution in [3.05, 3.63) is 33.2 Å². The van der Waals surface area contributed by atoms with Crippen molar-refractivity contribution in [3.63, 3.8) is 0 Å². The van der Waals surface area contributed by atoms with Gasteiger partial charge >= 0.3 is 0 Å². The molecule has 0 aromatic carbocycles. The number of rotatable bonds is 2. The van der Waals surface area contributed by atoms with Crippen LogP contribution in [-0.4, -0.2) is 9.97 Å². The summed E-state index contributed by atoms with van der Waals surface area (Å²) in [6, 6.07) is 3.61. The van der Waals surface area contributed by atoms with E-state index in [4.69, 9.17) is 16.0 Å². The van der Waals surface area contributed by atoms with Crippen LogP contribution >= 0.6 is 27.5 Å². The zero-order valence-electron chi connectivity index (χ0n) is 8.92. The van der Waals surface area contributed by atoms with Gasteiger partial charge in [-0.15, -0.1) is 0 Å². The fourth-order valence-corrected chi connectivity index (χ4v) is 1.92. The fourth-order valence-electron chi connectivity index (χ4n) is 1.42. The van der Waals surface area contributed by atoms with Gasteiger partial charge in [-0.05, 0) is 41.4 Å². The summed E-state index contributed by atoms with van der Waals surface area (Å²) in [5, 5.41) is 0.481. The van der Waals surface area contributed by atoms with Crippen LogP contribution in [0.1, 0.15) is 18.2 Å². The lowest BCUT2D eigenvalue weighted by Gasteiger charge is -2.05. The average molecular weight is 302 g/mol.